The number of hydrogen-bond donors (Lipinski definition) is 1. The predicted molar refractivity (Wildman–Crippen MR) is 76.9 cm³/mol. The Balaban J connectivity index is 1.92. The van der Waals surface area contributed by atoms with Gasteiger partial charge in [0.1, 0.15) is 5.82 Å². The second-order valence-corrected chi connectivity index (χ2v) is 5.13. The Labute approximate surface area is 123 Å². The highest BCUT2D eigenvalue weighted by Gasteiger charge is 2.21. The molecular formula is C15H20FN3O2. The van der Waals surface area contributed by atoms with Gasteiger partial charge in [-0.15, -0.1) is 0 Å². The van der Waals surface area contributed by atoms with Gasteiger partial charge in [-0.3, -0.25) is 9.59 Å². The fraction of sp³-hybridized carbons (Fsp3) is 0.467. The normalized spacial score (nSPS) is 15.7. The lowest BCUT2D eigenvalue weighted by Gasteiger charge is -2.22. The summed E-state index contributed by atoms with van der Waals surface area (Å²) in [6.07, 6.45) is 0.920. The Morgan fingerprint density at radius 3 is 2.38 bits per heavy atom. The SMILES string of the molecule is NCC(=O)N1CCCN(C(=O)Cc2cccc(F)c2)CC1. The quantitative estimate of drug-likeness (QED) is 0.876. The van der Waals surface area contributed by atoms with Crippen molar-refractivity contribution in [1.29, 1.82) is 0 Å². The Hall–Kier alpha value is -1.95. The fourth-order valence-corrected chi connectivity index (χ4v) is 2.48. The number of carbonyl (C=O) groups is 2. The van der Waals surface area contributed by atoms with Crippen molar-refractivity contribution in [1.82, 2.24) is 9.80 Å². The predicted octanol–water partition coefficient (Wildman–Crippen LogP) is 0.388. The van der Waals surface area contributed by atoms with Crippen LogP contribution in [0.4, 0.5) is 4.39 Å². The van der Waals surface area contributed by atoms with Gasteiger partial charge in [0.2, 0.25) is 11.8 Å². The number of benzene rings is 1. The maximum absolute atomic E-state index is 13.1. The van der Waals surface area contributed by atoms with E-state index in [9.17, 15) is 14.0 Å². The van der Waals surface area contributed by atoms with Crippen LogP contribution < -0.4 is 5.73 Å². The first-order valence-electron chi connectivity index (χ1n) is 7.10. The van der Waals surface area contributed by atoms with Gasteiger partial charge in [0, 0.05) is 26.2 Å². The molecule has 1 aromatic carbocycles. The highest BCUT2D eigenvalue weighted by atomic mass is 19.1. The molecule has 2 rings (SSSR count). The van der Waals surface area contributed by atoms with E-state index in [1.165, 1.54) is 12.1 Å². The van der Waals surface area contributed by atoms with Crippen molar-refractivity contribution in [3.63, 3.8) is 0 Å². The summed E-state index contributed by atoms with van der Waals surface area (Å²) in [6, 6.07) is 6.07. The molecule has 0 saturated carbocycles. The van der Waals surface area contributed by atoms with E-state index in [2.05, 4.69) is 0 Å². The molecular weight excluding hydrogens is 273 g/mol. The molecule has 1 saturated heterocycles. The van der Waals surface area contributed by atoms with Crippen LogP contribution in [0.3, 0.4) is 0 Å². The number of nitrogens with zero attached hydrogens (tertiary/aromatic N) is 2. The third-order valence-corrected chi connectivity index (χ3v) is 3.62. The van der Waals surface area contributed by atoms with Crippen molar-refractivity contribution in [2.75, 3.05) is 32.7 Å². The molecule has 6 heteroatoms. The lowest BCUT2D eigenvalue weighted by molar-refractivity contribution is -0.132. The number of amides is 2. The van der Waals surface area contributed by atoms with E-state index in [1.54, 1.807) is 21.9 Å². The van der Waals surface area contributed by atoms with Crippen LogP contribution in [-0.2, 0) is 16.0 Å². The first kappa shape index (κ1) is 15.4. The highest BCUT2D eigenvalue weighted by molar-refractivity contribution is 5.80. The second-order valence-electron chi connectivity index (χ2n) is 5.13. The summed E-state index contributed by atoms with van der Waals surface area (Å²) in [7, 11) is 0. The summed E-state index contributed by atoms with van der Waals surface area (Å²) in [4.78, 5) is 27.3. The largest absolute Gasteiger partial charge is 0.341 e. The average molecular weight is 293 g/mol. The number of nitrogens with two attached hydrogens (primary N) is 1. The number of halogens is 1. The molecule has 0 atom stereocenters. The van der Waals surface area contributed by atoms with Crippen molar-refractivity contribution in [2.45, 2.75) is 12.8 Å². The molecule has 1 aliphatic heterocycles. The molecule has 1 aliphatic rings. The van der Waals surface area contributed by atoms with Crippen molar-refractivity contribution >= 4 is 11.8 Å². The molecule has 0 aromatic heterocycles. The Kier molecular flexibility index (Phi) is 5.27. The minimum absolute atomic E-state index is 0.00274. The summed E-state index contributed by atoms with van der Waals surface area (Å²) in [5, 5.41) is 0. The van der Waals surface area contributed by atoms with Crippen LogP contribution in [0.25, 0.3) is 0 Å². The molecule has 2 amide bonds. The monoisotopic (exact) mass is 293 g/mol. The molecule has 5 nitrogen and oxygen atoms in total. The molecule has 0 unspecified atom stereocenters. The molecule has 2 N–H and O–H groups in total. The van der Waals surface area contributed by atoms with Crippen LogP contribution in [-0.4, -0.2) is 54.3 Å². The van der Waals surface area contributed by atoms with Crippen molar-refractivity contribution in [3.8, 4) is 0 Å². The van der Waals surface area contributed by atoms with Crippen molar-refractivity contribution in [2.24, 2.45) is 5.73 Å². The summed E-state index contributed by atoms with van der Waals surface area (Å²) < 4.78 is 13.1. The van der Waals surface area contributed by atoms with E-state index < -0.39 is 0 Å². The minimum atomic E-state index is -0.337. The molecule has 21 heavy (non-hydrogen) atoms. The summed E-state index contributed by atoms with van der Waals surface area (Å²) in [5.41, 5.74) is 6.02. The summed E-state index contributed by atoms with van der Waals surface area (Å²) in [6.45, 7) is 2.24. The zero-order valence-electron chi connectivity index (χ0n) is 11.9. The molecule has 114 valence electrons. The van der Waals surface area contributed by atoms with Gasteiger partial charge in [-0.05, 0) is 24.1 Å². The van der Waals surface area contributed by atoms with Crippen LogP contribution in [0.2, 0.25) is 0 Å². The standard InChI is InChI=1S/C15H20FN3O2/c16-13-4-1-3-12(9-13)10-14(20)18-5-2-6-19(8-7-18)15(21)11-17/h1,3-4,9H,2,5-8,10-11,17H2. The highest BCUT2D eigenvalue weighted by Crippen LogP contribution is 2.09. The van der Waals surface area contributed by atoms with Crippen LogP contribution in [0.15, 0.2) is 24.3 Å². The van der Waals surface area contributed by atoms with E-state index >= 15 is 0 Å². The average Bonchev–Trinajstić information content (AvgIpc) is 2.72. The second kappa shape index (κ2) is 7.17. The molecule has 0 bridgehead atoms. The Morgan fingerprint density at radius 1 is 1.10 bits per heavy atom. The third kappa shape index (κ3) is 4.26. The maximum Gasteiger partial charge on any atom is 0.236 e. The maximum atomic E-state index is 13.1. The topological polar surface area (TPSA) is 66.6 Å². The van der Waals surface area contributed by atoms with Gasteiger partial charge in [-0.1, -0.05) is 12.1 Å². The van der Waals surface area contributed by atoms with Crippen LogP contribution in [0.5, 0.6) is 0 Å². The van der Waals surface area contributed by atoms with E-state index in [0.717, 1.165) is 6.42 Å². The van der Waals surface area contributed by atoms with Gasteiger partial charge in [-0.25, -0.2) is 4.39 Å². The smallest absolute Gasteiger partial charge is 0.236 e. The van der Waals surface area contributed by atoms with Gasteiger partial charge in [0.15, 0.2) is 0 Å². The molecule has 0 aliphatic carbocycles. The van der Waals surface area contributed by atoms with E-state index in [1.807, 2.05) is 0 Å². The van der Waals surface area contributed by atoms with Crippen molar-refractivity contribution in [3.05, 3.63) is 35.6 Å². The number of hydrogen-bond acceptors (Lipinski definition) is 3. The van der Waals surface area contributed by atoms with Gasteiger partial charge in [0.05, 0.1) is 13.0 Å². The first-order chi connectivity index (χ1) is 10.1. The lowest BCUT2D eigenvalue weighted by Crippen LogP contribution is -2.40. The van der Waals surface area contributed by atoms with Gasteiger partial charge < -0.3 is 15.5 Å². The zero-order chi connectivity index (χ0) is 15.2. The van der Waals surface area contributed by atoms with Crippen LogP contribution in [0, 0.1) is 5.82 Å². The number of carbonyl (C=O) groups excluding carboxylic acids is 2. The van der Waals surface area contributed by atoms with E-state index in [0.29, 0.717) is 31.7 Å². The van der Waals surface area contributed by atoms with Gasteiger partial charge >= 0.3 is 0 Å². The van der Waals surface area contributed by atoms with Crippen LogP contribution >= 0.6 is 0 Å². The van der Waals surface area contributed by atoms with Gasteiger partial charge in [-0.2, -0.15) is 0 Å². The minimum Gasteiger partial charge on any atom is -0.341 e. The molecule has 1 aromatic rings. The number of rotatable bonds is 3. The fourth-order valence-electron chi connectivity index (χ4n) is 2.48. The Bertz CT molecular complexity index is 521. The molecule has 1 heterocycles. The van der Waals surface area contributed by atoms with E-state index in [-0.39, 0.29) is 30.6 Å². The van der Waals surface area contributed by atoms with Crippen molar-refractivity contribution < 1.29 is 14.0 Å². The molecule has 0 spiro atoms. The summed E-state index contributed by atoms with van der Waals surface area (Å²) >= 11 is 0. The van der Waals surface area contributed by atoms with E-state index in [4.69, 9.17) is 5.73 Å². The molecule has 0 radical (unpaired) electrons. The van der Waals surface area contributed by atoms with Crippen LogP contribution in [0.1, 0.15) is 12.0 Å². The molecule has 1 fully saturated rings. The Morgan fingerprint density at radius 2 is 1.76 bits per heavy atom. The lowest BCUT2D eigenvalue weighted by atomic mass is 10.1. The first-order valence-corrected chi connectivity index (χ1v) is 7.10. The zero-order valence-corrected chi connectivity index (χ0v) is 11.9. The van der Waals surface area contributed by atoms with Gasteiger partial charge in [0.25, 0.3) is 0 Å². The summed E-state index contributed by atoms with van der Waals surface area (Å²) in [5.74, 6) is -0.465. The third-order valence-electron chi connectivity index (χ3n) is 3.62.